The summed E-state index contributed by atoms with van der Waals surface area (Å²) < 4.78 is 5.22. The minimum atomic E-state index is -0.945. The molecule has 100 valence electrons. The molecule has 5 heteroatoms. The lowest BCUT2D eigenvalue weighted by atomic mass is 9.88. The van der Waals surface area contributed by atoms with Crippen LogP contribution >= 0.6 is 0 Å². The Bertz CT molecular complexity index is 276. The van der Waals surface area contributed by atoms with Gasteiger partial charge < -0.3 is 20.1 Å². The van der Waals surface area contributed by atoms with E-state index in [0.717, 1.165) is 0 Å². The van der Waals surface area contributed by atoms with Crippen LogP contribution in [0.1, 0.15) is 40.0 Å². The highest BCUT2D eigenvalue weighted by atomic mass is 16.6. The smallest absolute Gasteiger partial charge is 0.311 e. The predicted octanol–water partition coefficient (Wildman–Crippen LogP) is 0.211. The van der Waals surface area contributed by atoms with E-state index in [4.69, 9.17) is 4.74 Å². The lowest BCUT2D eigenvalue weighted by Gasteiger charge is -2.35. The van der Waals surface area contributed by atoms with E-state index in [1.807, 2.05) is 6.92 Å². The zero-order valence-corrected chi connectivity index (χ0v) is 10.6. The highest BCUT2D eigenvalue weighted by Gasteiger charge is 2.39. The van der Waals surface area contributed by atoms with Gasteiger partial charge in [0.2, 0.25) is 0 Å². The van der Waals surface area contributed by atoms with Crippen LogP contribution in [0.5, 0.6) is 0 Å². The van der Waals surface area contributed by atoms with Crippen LogP contribution in [0.4, 0.5) is 0 Å². The minimum Gasteiger partial charge on any atom is -0.459 e. The molecule has 0 aromatic carbocycles. The first-order valence-corrected chi connectivity index (χ1v) is 6.03. The highest BCUT2D eigenvalue weighted by Crippen LogP contribution is 2.27. The number of carbonyl (C=O) groups excluding carboxylic acids is 1. The van der Waals surface area contributed by atoms with Crippen LogP contribution in [0, 0.1) is 5.41 Å². The maximum absolute atomic E-state index is 11.8. The summed E-state index contributed by atoms with van der Waals surface area (Å²) in [6, 6.07) is 0. The van der Waals surface area contributed by atoms with Gasteiger partial charge in [0.1, 0.15) is 6.10 Å². The average molecular weight is 246 g/mol. The molecule has 17 heavy (non-hydrogen) atoms. The zero-order valence-electron chi connectivity index (χ0n) is 10.6. The maximum Gasteiger partial charge on any atom is 0.311 e. The molecule has 4 unspecified atom stereocenters. The summed E-state index contributed by atoms with van der Waals surface area (Å²) in [5, 5.41) is 28.5. The predicted molar refractivity (Wildman–Crippen MR) is 61.2 cm³/mol. The second-order valence-corrected chi connectivity index (χ2v) is 5.35. The Labute approximate surface area is 101 Å². The van der Waals surface area contributed by atoms with E-state index in [1.165, 1.54) is 0 Å². The molecular weight excluding hydrogens is 224 g/mol. The number of carbonyl (C=O) groups is 1. The molecule has 5 nitrogen and oxygen atoms in total. The van der Waals surface area contributed by atoms with Crippen molar-refractivity contribution in [2.75, 3.05) is 0 Å². The number of hydrogen-bond acceptors (Lipinski definition) is 5. The van der Waals surface area contributed by atoms with Crippen molar-refractivity contribution in [1.82, 2.24) is 0 Å². The third-order valence-electron chi connectivity index (χ3n) is 3.52. The number of rotatable bonds is 3. The van der Waals surface area contributed by atoms with Crippen molar-refractivity contribution in [3.05, 3.63) is 0 Å². The number of aliphatic hydroxyl groups excluding tert-OH is 3. The van der Waals surface area contributed by atoms with Gasteiger partial charge in [-0.05, 0) is 20.3 Å². The first-order chi connectivity index (χ1) is 7.77. The third kappa shape index (κ3) is 3.40. The number of ether oxygens (including phenoxy) is 1. The molecule has 1 fully saturated rings. The first-order valence-electron chi connectivity index (χ1n) is 6.03. The Kier molecular flexibility index (Phi) is 4.52. The summed E-state index contributed by atoms with van der Waals surface area (Å²) in [5.74, 6) is -0.382. The molecule has 0 heterocycles. The van der Waals surface area contributed by atoms with Crippen molar-refractivity contribution in [3.8, 4) is 0 Å². The van der Waals surface area contributed by atoms with E-state index in [0.29, 0.717) is 6.42 Å². The van der Waals surface area contributed by atoms with Crippen LogP contribution < -0.4 is 0 Å². The molecule has 0 saturated heterocycles. The van der Waals surface area contributed by atoms with Crippen molar-refractivity contribution in [2.45, 2.75) is 64.4 Å². The number of aliphatic hydroxyl groups is 3. The molecule has 1 saturated carbocycles. The molecule has 1 rings (SSSR count). The molecule has 1 aliphatic rings. The summed E-state index contributed by atoms with van der Waals surface area (Å²) in [6.07, 6.45) is -2.78. The monoisotopic (exact) mass is 246 g/mol. The van der Waals surface area contributed by atoms with E-state index < -0.39 is 29.8 Å². The summed E-state index contributed by atoms with van der Waals surface area (Å²) in [4.78, 5) is 11.8. The topological polar surface area (TPSA) is 87.0 Å². The van der Waals surface area contributed by atoms with Gasteiger partial charge in [-0.15, -0.1) is 0 Å². The third-order valence-corrected chi connectivity index (χ3v) is 3.52. The Balaban J connectivity index is 2.60. The lowest BCUT2D eigenvalue weighted by molar-refractivity contribution is -0.177. The summed E-state index contributed by atoms with van der Waals surface area (Å²) >= 11 is 0. The standard InChI is InChI=1S/C12H22O5/c1-4-12(2,3)11(16)17-10-6-8(14)7(13)5-9(10)15/h7-10,13-15H,4-6H2,1-3H3. The van der Waals surface area contributed by atoms with Gasteiger partial charge in [-0.3, -0.25) is 4.79 Å². The van der Waals surface area contributed by atoms with E-state index in [2.05, 4.69) is 0 Å². The van der Waals surface area contributed by atoms with Gasteiger partial charge in [-0.2, -0.15) is 0 Å². The Morgan fingerprint density at radius 3 is 2.24 bits per heavy atom. The fourth-order valence-electron chi connectivity index (χ4n) is 1.68. The van der Waals surface area contributed by atoms with E-state index >= 15 is 0 Å². The number of esters is 1. The SMILES string of the molecule is CCC(C)(C)C(=O)OC1CC(O)C(O)CC1O. The average Bonchev–Trinajstić information content (AvgIpc) is 2.25. The van der Waals surface area contributed by atoms with Gasteiger partial charge in [-0.1, -0.05) is 6.92 Å². The normalized spacial score (nSPS) is 34.5. The molecule has 0 aromatic rings. The second kappa shape index (κ2) is 5.33. The Morgan fingerprint density at radius 1 is 1.18 bits per heavy atom. The van der Waals surface area contributed by atoms with Crippen molar-refractivity contribution in [2.24, 2.45) is 5.41 Å². The largest absolute Gasteiger partial charge is 0.459 e. The van der Waals surface area contributed by atoms with Crippen LogP contribution in [-0.4, -0.2) is 45.7 Å². The summed E-state index contributed by atoms with van der Waals surface area (Å²) in [7, 11) is 0. The van der Waals surface area contributed by atoms with Gasteiger partial charge in [0, 0.05) is 12.8 Å². The quantitative estimate of drug-likeness (QED) is 0.620. The van der Waals surface area contributed by atoms with E-state index in [-0.39, 0.29) is 18.8 Å². The van der Waals surface area contributed by atoms with Crippen LogP contribution in [-0.2, 0) is 9.53 Å². The van der Waals surface area contributed by atoms with Gasteiger partial charge >= 0.3 is 5.97 Å². The molecule has 4 atom stereocenters. The van der Waals surface area contributed by atoms with Gasteiger partial charge in [0.05, 0.1) is 23.7 Å². The van der Waals surface area contributed by atoms with Crippen molar-refractivity contribution in [3.63, 3.8) is 0 Å². The molecule has 3 N–H and O–H groups in total. The fourth-order valence-corrected chi connectivity index (χ4v) is 1.68. The molecule has 1 aliphatic carbocycles. The summed E-state index contributed by atoms with van der Waals surface area (Å²) in [5.41, 5.74) is -0.596. The second-order valence-electron chi connectivity index (χ2n) is 5.35. The molecule has 0 radical (unpaired) electrons. The van der Waals surface area contributed by atoms with Crippen LogP contribution in [0.15, 0.2) is 0 Å². The lowest BCUT2D eigenvalue weighted by Crippen LogP contribution is -2.47. The Hall–Kier alpha value is -0.650. The van der Waals surface area contributed by atoms with Crippen LogP contribution in [0.2, 0.25) is 0 Å². The van der Waals surface area contributed by atoms with Crippen molar-refractivity contribution in [1.29, 1.82) is 0 Å². The molecule has 0 amide bonds. The van der Waals surface area contributed by atoms with E-state index in [9.17, 15) is 20.1 Å². The molecule has 0 aromatic heterocycles. The minimum absolute atomic E-state index is 0.0334. The summed E-state index contributed by atoms with van der Waals surface area (Å²) in [6.45, 7) is 5.43. The molecule has 0 aliphatic heterocycles. The number of hydrogen-bond donors (Lipinski definition) is 3. The fraction of sp³-hybridized carbons (Fsp3) is 0.917. The molecule has 0 spiro atoms. The Morgan fingerprint density at radius 2 is 1.71 bits per heavy atom. The van der Waals surface area contributed by atoms with Crippen molar-refractivity contribution >= 4 is 5.97 Å². The van der Waals surface area contributed by atoms with Crippen molar-refractivity contribution < 1.29 is 24.9 Å². The molecular formula is C12H22O5. The molecule has 0 bridgehead atoms. The van der Waals surface area contributed by atoms with Crippen LogP contribution in [0.3, 0.4) is 0 Å². The van der Waals surface area contributed by atoms with Crippen LogP contribution in [0.25, 0.3) is 0 Å². The van der Waals surface area contributed by atoms with Gasteiger partial charge in [-0.25, -0.2) is 0 Å². The zero-order chi connectivity index (χ0) is 13.2. The van der Waals surface area contributed by atoms with E-state index in [1.54, 1.807) is 13.8 Å². The maximum atomic E-state index is 11.8. The highest BCUT2D eigenvalue weighted by molar-refractivity contribution is 5.76. The first kappa shape index (κ1) is 14.4. The van der Waals surface area contributed by atoms with Gasteiger partial charge in [0.25, 0.3) is 0 Å². The van der Waals surface area contributed by atoms with Gasteiger partial charge in [0.15, 0.2) is 0 Å².